The number of hydrogen-bond acceptors (Lipinski definition) is 3. The summed E-state index contributed by atoms with van der Waals surface area (Å²) in [5, 5.41) is 0. The molecule has 0 saturated heterocycles. The van der Waals surface area contributed by atoms with Crippen molar-refractivity contribution in [3.8, 4) is 0 Å². The zero-order chi connectivity index (χ0) is 11.7. The van der Waals surface area contributed by atoms with E-state index in [1.807, 2.05) is 0 Å². The SMILES string of the molecule is NC(=O)c1cc(C=O)c2ccccn2c1=O. The molecule has 2 N–H and O–H groups in total. The summed E-state index contributed by atoms with van der Waals surface area (Å²) in [5.41, 5.74) is 5.06. The molecular formula is C11H8N2O3. The van der Waals surface area contributed by atoms with Crippen molar-refractivity contribution in [3.05, 3.63) is 51.9 Å². The summed E-state index contributed by atoms with van der Waals surface area (Å²) < 4.78 is 1.23. The second-order valence-corrected chi connectivity index (χ2v) is 3.26. The molecule has 0 saturated carbocycles. The second kappa shape index (κ2) is 3.62. The summed E-state index contributed by atoms with van der Waals surface area (Å²) in [6, 6.07) is 6.17. The maximum atomic E-state index is 11.8. The van der Waals surface area contributed by atoms with Gasteiger partial charge in [0.2, 0.25) is 0 Å². The maximum absolute atomic E-state index is 11.8. The Bertz CT molecular complexity index is 643. The zero-order valence-electron chi connectivity index (χ0n) is 8.21. The van der Waals surface area contributed by atoms with Gasteiger partial charge < -0.3 is 5.73 Å². The zero-order valence-corrected chi connectivity index (χ0v) is 8.21. The Kier molecular flexibility index (Phi) is 2.28. The van der Waals surface area contributed by atoms with Crippen molar-refractivity contribution in [1.29, 1.82) is 0 Å². The summed E-state index contributed by atoms with van der Waals surface area (Å²) in [6.07, 6.45) is 2.07. The van der Waals surface area contributed by atoms with Crippen LogP contribution >= 0.6 is 0 Å². The number of aldehydes is 1. The first-order valence-corrected chi connectivity index (χ1v) is 4.54. The number of carbonyl (C=O) groups is 2. The fourth-order valence-electron chi connectivity index (χ4n) is 1.55. The third kappa shape index (κ3) is 1.38. The maximum Gasteiger partial charge on any atom is 0.267 e. The highest BCUT2D eigenvalue weighted by Gasteiger charge is 2.12. The number of amides is 1. The van der Waals surface area contributed by atoms with E-state index in [1.165, 1.54) is 16.7 Å². The van der Waals surface area contributed by atoms with E-state index in [0.29, 0.717) is 11.8 Å². The molecule has 0 radical (unpaired) electrons. The van der Waals surface area contributed by atoms with Gasteiger partial charge in [-0.1, -0.05) is 6.07 Å². The second-order valence-electron chi connectivity index (χ2n) is 3.26. The van der Waals surface area contributed by atoms with E-state index >= 15 is 0 Å². The molecule has 80 valence electrons. The van der Waals surface area contributed by atoms with Crippen LogP contribution in [0, 0.1) is 0 Å². The predicted octanol–water partition coefficient (Wildman–Crippen LogP) is 0.211. The van der Waals surface area contributed by atoms with E-state index < -0.39 is 11.5 Å². The Labute approximate surface area is 90.1 Å². The van der Waals surface area contributed by atoms with Gasteiger partial charge in [-0.05, 0) is 18.2 Å². The average molecular weight is 216 g/mol. The molecule has 2 heterocycles. The highest BCUT2D eigenvalue weighted by Crippen LogP contribution is 2.07. The molecule has 0 bridgehead atoms. The molecule has 0 unspecified atom stereocenters. The monoisotopic (exact) mass is 216 g/mol. The first kappa shape index (κ1) is 10.1. The molecule has 2 rings (SSSR count). The van der Waals surface area contributed by atoms with E-state index in [4.69, 9.17) is 5.73 Å². The van der Waals surface area contributed by atoms with Crippen LogP contribution in [0.25, 0.3) is 5.52 Å². The molecule has 5 nitrogen and oxygen atoms in total. The number of rotatable bonds is 2. The quantitative estimate of drug-likeness (QED) is 0.728. The summed E-state index contributed by atoms with van der Waals surface area (Å²) in [5.74, 6) is -0.841. The lowest BCUT2D eigenvalue weighted by molar-refractivity contribution is 0.0998. The van der Waals surface area contributed by atoms with Gasteiger partial charge in [0, 0.05) is 11.8 Å². The van der Waals surface area contributed by atoms with Crippen LogP contribution in [0.3, 0.4) is 0 Å². The number of aromatic nitrogens is 1. The average Bonchev–Trinajstić information content (AvgIpc) is 2.29. The predicted molar refractivity (Wildman–Crippen MR) is 57.6 cm³/mol. The summed E-state index contributed by atoms with van der Waals surface area (Å²) in [4.78, 5) is 33.6. The van der Waals surface area contributed by atoms with Crippen LogP contribution in [0.5, 0.6) is 0 Å². The van der Waals surface area contributed by atoms with Crippen molar-refractivity contribution >= 4 is 17.7 Å². The lowest BCUT2D eigenvalue weighted by atomic mass is 10.1. The topological polar surface area (TPSA) is 81.6 Å². The minimum Gasteiger partial charge on any atom is -0.365 e. The fraction of sp³-hybridized carbons (Fsp3) is 0. The van der Waals surface area contributed by atoms with Gasteiger partial charge in [-0.15, -0.1) is 0 Å². The number of fused-ring (bicyclic) bond motifs is 1. The molecule has 0 fully saturated rings. The summed E-state index contributed by atoms with van der Waals surface area (Å²) >= 11 is 0. The van der Waals surface area contributed by atoms with Crippen LogP contribution in [0.4, 0.5) is 0 Å². The van der Waals surface area contributed by atoms with E-state index in [2.05, 4.69) is 0 Å². The van der Waals surface area contributed by atoms with Crippen LogP contribution in [0.1, 0.15) is 20.7 Å². The molecular weight excluding hydrogens is 208 g/mol. The minimum atomic E-state index is -0.841. The normalized spacial score (nSPS) is 10.2. The Morgan fingerprint density at radius 3 is 2.75 bits per heavy atom. The molecule has 16 heavy (non-hydrogen) atoms. The molecule has 0 aliphatic carbocycles. The minimum absolute atomic E-state index is 0.189. The van der Waals surface area contributed by atoms with Gasteiger partial charge in [0.05, 0.1) is 5.52 Å². The van der Waals surface area contributed by atoms with Gasteiger partial charge in [-0.2, -0.15) is 0 Å². The molecule has 2 aromatic heterocycles. The highest BCUT2D eigenvalue weighted by molar-refractivity contribution is 5.96. The Morgan fingerprint density at radius 1 is 1.38 bits per heavy atom. The van der Waals surface area contributed by atoms with Crippen LogP contribution in [-0.4, -0.2) is 16.6 Å². The van der Waals surface area contributed by atoms with E-state index in [-0.39, 0.29) is 11.1 Å². The van der Waals surface area contributed by atoms with Gasteiger partial charge in [0.25, 0.3) is 11.5 Å². The molecule has 2 aromatic rings. The highest BCUT2D eigenvalue weighted by atomic mass is 16.2. The van der Waals surface area contributed by atoms with Crippen molar-refractivity contribution in [2.24, 2.45) is 5.73 Å². The van der Waals surface area contributed by atoms with Crippen LogP contribution < -0.4 is 11.3 Å². The van der Waals surface area contributed by atoms with Gasteiger partial charge in [0.15, 0.2) is 6.29 Å². The fourth-order valence-corrected chi connectivity index (χ4v) is 1.55. The van der Waals surface area contributed by atoms with Crippen molar-refractivity contribution in [2.45, 2.75) is 0 Å². The van der Waals surface area contributed by atoms with Crippen LogP contribution in [0.15, 0.2) is 35.3 Å². The molecule has 0 aliphatic heterocycles. The van der Waals surface area contributed by atoms with E-state index in [0.717, 1.165) is 0 Å². The van der Waals surface area contributed by atoms with E-state index in [9.17, 15) is 14.4 Å². The Hall–Kier alpha value is -2.43. The van der Waals surface area contributed by atoms with Crippen molar-refractivity contribution < 1.29 is 9.59 Å². The van der Waals surface area contributed by atoms with Gasteiger partial charge in [-0.25, -0.2) is 0 Å². The number of nitrogens with two attached hydrogens (primary N) is 1. The van der Waals surface area contributed by atoms with Crippen molar-refractivity contribution in [2.75, 3.05) is 0 Å². The molecule has 1 amide bonds. The molecule has 0 spiro atoms. The molecule has 5 heteroatoms. The number of primary amides is 1. The lowest BCUT2D eigenvalue weighted by Crippen LogP contribution is -2.27. The smallest absolute Gasteiger partial charge is 0.267 e. The number of carbonyl (C=O) groups excluding carboxylic acids is 2. The van der Waals surface area contributed by atoms with E-state index in [1.54, 1.807) is 18.2 Å². The number of pyridine rings is 2. The summed E-state index contributed by atoms with van der Waals surface area (Å²) in [6.45, 7) is 0. The Balaban J connectivity index is 3.00. The van der Waals surface area contributed by atoms with Crippen LogP contribution in [0.2, 0.25) is 0 Å². The van der Waals surface area contributed by atoms with Gasteiger partial charge in [-0.3, -0.25) is 18.8 Å². The van der Waals surface area contributed by atoms with Crippen molar-refractivity contribution in [1.82, 2.24) is 4.40 Å². The van der Waals surface area contributed by atoms with Gasteiger partial charge >= 0.3 is 0 Å². The molecule has 0 aromatic carbocycles. The summed E-state index contributed by atoms with van der Waals surface area (Å²) in [7, 11) is 0. The standard InChI is InChI=1S/C11H8N2O3/c12-10(15)8-5-7(6-14)9-3-1-2-4-13(9)11(8)16/h1-6H,(H2,12,15). The van der Waals surface area contributed by atoms with Gasteiger partial charge in [0.1, 0.15) is 5.56 Å². The first-order chi connectivity index (χ1) is 7.65. The third-order valence-electron chi connectivity index (χ3n) is 2.30. The molecule has 0 atom stereocenters. The lowest BCUT2D eigenvalue weighted by Gasteiger charge is -2.04. The van der Waals surface area contributed by atoms with Crippen molar-refractivity contribution in [3.63, 3.8) is 0 Å². The number of nitrogens with zero attached hydrogens (tertiary/aromatic N) is 1. The first-order valence-electron chi connectivity index (χ1n) is 4.54. The largest absolute Gasteiger partial charge is 0.365 e. The molecule has 0 aliphatic rings. The third-order valence-corrected chi connectivity index (χ3v) is 2.30. The Morgan fingerprint density at radius 2 is 2.12 bits per heavy atom. The van der Waals surface area contributed by atoms with Crippen LogP contribution in [-0.2, 0) is 0 Å². The number of hydrogen-bond donors (Lipinski definition) is 1.